The van der Waals surface area contributed by atoms with Crippen molar-refractivity contribution in [3.05, 3.63) is 23.8 Å². The smallest absolute Gasteiger partial charge is 0.108 e. The molecule has 2 nitrogen and oxygen atoms in total. The second-order valence-electron chi connectivity index (χ2n) is 2.18. The van der Waals surface area contributed by atoms with Gasteiger partial charge in [0.05, 0.1) is 11.7 Å². The van der Waals surface area contributed by atoms with Gasteiger partial charge >= 0.3 is 0 Å². The topological polar surface area (TPSA) is 25.8 Å². The van der Waals surface area contributed by atoms with Crippen molar-refractivity contribution in [1.82, 2.24) is 8.75 Å². The van der Waals surface area contributed by atoms with Gasteiger partial charge in [0.15, 0.2) is 0 Å². The maximum absolute atomic E-state index is 4.22. The molecule has 0 atom stereocenters. The van der Waals surface area contributed by atoms with Gasteiger partial charge in [-0.05, 0) is 11.6 Å². The van der Waals surface area contributed by atoms with E-state index in [1.165, 1.54) is 17.3 Å². The zero-order valence-electron chi connectivity index (χ0n) is 5.62. The molecule has 1 aromatic carbocycles. The Morgan fingerprint density at radius 2 is 2.27 bits per heavy atom. The normalized spacial score (nSPS) is 10.6. The van der Waals surface area contributed by atoms with Crippen molar-refractivity contribution in [2.75, 3.05) is 0 Å². The van der Waals surface area contributed by atoms with E-state index in [4.69, 9.17) is 0 Å². The van der Waals surface area contributed by atoms with Crippen LogP contribution in [-0.2, 0) is 4.43 Å². The molecule has 0 saturated heterocycles. The first-order valence-electron chi connectivity index (χ1n) is 3.18. The van der Waals surface area contributed by atoms with Crippen LogP contribution in [0, 0.1) is 0 Å². The zero-order valence-corrected chi connectivity index (χ0v) is 8.59. The Labute approximate surface area is 82.1 Å². The molecule has 0 unspecified atom stereocenters. The predicted molar refractivity (Wildman–Crippen MR) is 55.1 cm³/mol. The summed E-state index contributed by atoms with van der Waals surface area (Å²) in [7, 11) is 0. The summed E-state index contributed by atoms with van der Waals surface area (Å²) in [6, 6.07) is 6.11. The minimum Gasteiger partial charge on any atom is -0.173 e. The first-order chi connectivity index (χ1) is 5.42. The molecule has 0 amide bonds. The quantitative estimate of drug-likeness (QED) is 0.591. The van der Waals surface area contributed by atoms with E-state index in [1.807, 2.05) is 12.1 Å². The lowest BCUT2D eigenvalue weighted by molar-refractivity contribution is 1.47. The van der Waals surface area contributed by atoms with E-state index in [9.17, 15) is 0 Å². The Hall–Kier alpha value is -0.230. The summed E-state index contributed by atoms with van der Waals surface area (Å²) in [5.41, 5.74) is 3.35. The molecule has 11 heavy (non-hydrogen) atoms. The molecular formula is C7H5IN2S. The van der Waals surface area contributed by atoms with Crippen molar-refractivity contribution in [3.8, 4) is 0 Å². The minimum absolute atomic E-state index is 1.00. The maximum atomic E-state index is 4.22. The molecule has 1 heterocycles. The third kappa shape index (κ3) is 1.24. The van der Waals surface area contributed by atoms with E-state index in [-0.39, 0.29) is 0 Å². The van der Waals surface area contributed by atoms with Crippen LogP contribution in [0.4, 0.5) is 0 Å². The van der Waals surface area contributed by atoms with Gasteiger partial charge in [-0.3, -0.25) is 0 Å². The Morgan fingerprint density at radius 1 is 1.36 bits per heavy atom. The number of rotatable bonds is 1. The van der Waals surface area contributed by atoms with Gasteiger partial charge in [0.25, 0.3) is 0 Å². The zero-order chi connectivity index (χ0) is 7.68. The average Bonchev–Trinajstić information content (AvgIpc) is 2.50. The maximum Gasteiger partial charge on any atom is 0.108 e. The molecule has 56 valence electrons. The highest BCUT2D eigenvalue weighted by Crippen LogP contribution is 2.18. The van der Waals surface area contributed by atoms with Gasteiger partial charge in [-0.25, -0.2) is 0 Å². The Bertz CT molecular complexity index is 371. The Balaban J connectivity index is 2.79. The molecular weight excluding hydrogens is 271 g/mol. The number of nitrogens with zero attached hydrogens (tertiary/aromatic N) is 2. The highest BCUT2D eigenvalue weighted by Gasteiger charge is 2.01. The molecule has 1 aromatic heterocycles. The first kappa shape index (κ1) is 7.42. The van der Waals surface area contributed by atoms with Crippen LogP contribution >= 0.6 is 34.3 Å². The average molecular weight is 276 g/mol. The fourth-order valence-electron chi connectivity index (χ4n) is 0.970. The Kier molecular flexibility index (Phi) is 2.04. The predicted octanol–water partition coefficient (Wildman–Crippen LogP) is 2.63. The van der Waals surface area contributed by atoms with Gasteiger partial charge in [-0.1, -0.05) is 34.7 Å². The second-order valence-corrected chi connectivity index (χ2v) is 3.47. The molecule has 0 fully saturated rings. The lowest BCUT2D eigenvalue weighted by Gasteiger charge is -1.92. The van der Waals surface area contributed by atoms with Gasteiger partial charge in [0, 0.05) is 4.43 Å². The minimum atomic E-state index is 1.00. The van der Waals surface area contributed by atoms with Crippen molar-refractivity contribution >= 4 is 45.4 Å². The molecule has 0 aliphatic carbocycles. The highest BCUT2D eigenvalue weighted by atomic mass is 127. The summed E-state index contributed by atoms with van der Waals surface area (Å²) >= 11 is 3.61. The van der Waals surface area contributed by atoms with Crippen LogP contribution in [0.5, 0.6) is 0 Å². The molecule has 2 rings (SSSR count). The van der Waals surface area contributed by atoms with Crippen molar-refractivity contribution in [3.63, 3.8) is 0 Å². The van der Waals surface area contributed by atoms with Crippen molar-refractivity contribution in [2.45, 2.75) is 4.43 Å². The van der Waals surface area contributed by atoms with E-state index in [1.54, 1.807) is 0 Å². The number of alkyl halides is 1. The fraction of sp³-hybridized carbons (Fsp3) is 0.143. The molecule has 2 aromatic rings. The summed E-state index contributed by atoms with van der Waals surface area (Å²) in [6.45, 7) is 0. The molecule has 0 bridgehead atoms. The lowest BCUT2D eigenvalue weighted by atomic mass is 10.2. The molecule has 0 aliphatic heterocycles. The molecule has 4 heteroatoms. The standard InChI is InChI=1S/C7H5IN2S/c8-4-5-2-1-3-6-7(5)10-11-9-6/h1-3H,4H2. The van der Waals surface area contributed by atoms with Gasteiger partial charge in [0.1, 0.15) is 11.0 Å². The number of fused-ring (bicyclic) bond motifs is 1. The van der Waals surface area contributed by atoms with E-state index in [0.29, 0.717) is 0 Å². The van der Waals surface area contributed by atoms with Crippen molar-refractivity contribution in [1.29, 1.82) is 0 Å². The van der Waals surface area contributed by atoms with Gasteiger partial charge in [0.2, 0.25) is 0 Å². The van der Waals surface area contributed by atoms with Crippen LogP contribution in [0.1, 0.15) is 5.56 Å². The molecule has 0 saturated carbocycles. The monoisotopic (exact) mass is 276 g/mol. The summed E-state index contributed by atoms with van der Waals surface area (Å²) in [4.78, 5) is 0. The van der Waals surface area contributed by atoms with Crippen LogP contribution in [-0.4, -0.2) is 8.75 Å². The summed E-state index contributed by atoms with van der Waals surface area (Å²) in [5, 5.41) is 0. The third-order valence-corrected chi connectivity index (χ3v) is 2.88. The molecule has 0 N–H and O–H groups in total. The second kappa shape index (κ2) is 3.02. The van der Waals surface area contributed by atoms with Crippen LogP contribution in [0.15, 0.2) is 18.2 Å². The van der Waals surface area contributed by atoms with E-state index in [2.05, 4.69) is 37.4 Å². The van der Waals surface area contributed by atoms with Crippen LogP contribution < -0.4 is 0 Å². The van der Waals surface area contributed by atoms with E-state index < -0.39 is 0 Å². The first-order valence-corrected chi connectivity index (χ1v) is 5.43. The van der Waals surface area contributed by atoms with Gasteiger partial charge in [-0.15, -0.1) is 0 Å². The largest absolute Gasteiger partial charge is 0.173 e. The van der Waals surface area contributed by atoms with Crippen LogP contribution in [0.3, 0.4) is 0 Å². The SMILES string of the molecule is ICc1cccc2nsnc12. The summed E-state index contributed by atoms with van der Waals surface area (Å²) in [6.07, 6.45) is 0. The molecule has 0 aliphatic rings. The number of aromatic nitrogens is 2. The van der Waals surface area contributed by atoms with Crippen LogP contribution in [0.25, 0.3) is 11.0 Å². The highest BCUT2D eigenvalue weighted by molar-refractivity contribution is 14.1. The van der Waals surface area contributed by atoms with Crippen molar-refractivity contribution < 1.29 is 0 Å². The molecule has 0 spiro atoms. The third-order valence-electron chi connectivity index (χ3n) is 1.51. The summed E-state index contributed by atoms with van der Waals surface area (Å²) in [5.74, 6) is 0. The van der Waals surface area contributed by atoms with E-state index in [0.717, 1.165) is 15.5 Å². The van der Waals surface area contributed by atoms with E-state index >= 15 is 0 Å². The number of benzene rings is 1. The number of halogens is 1. The van der Waals surface area contributed by atoms with Gasteiger partial charge in [-0.2, -0.15) is 8.75 Å². The number of hydrogen-bond donors (Lipinski definition) is 0. The van der Waals surface area contributed by atoms with Crippen molar-refractivity contribution in [2.24, 2.45) is 0 Å². The fourth-order valence-corrected chi connectivity index (χ4v) is 2.15. The summed E-state index contributed by atoms with van der Waals surface area (Å²) < 4.78 is 9.37. The molecule has 0 radical (unpaired) electrons. The lowest BCUT2D eigenvalue weighted by Crippen LogP contribution is -1.78. The Morgan fingerprint density at radius 3 is 3.09 bits per heavy atom. The van der Waals surface area contributed by atoms with Gasteiger partial charge < -0.3 is 0 Å². The number of hydrogen-bond acceptors (Lipinski definition) is 3. The van der Waals surface area contributed by atoms with Crippen LogP contribution in [0.2, 0.25) is 0 Å².